The molecule has 0 bridgehead atoms. The Morgan fingerprint density at radius 3 is 2.79 bits per heavy atom. The SMILES string of the molecule is CCSC(=O)N(C)C1CCCC(C)C1. The van der Waals surface area contributed by atoms with Crippen LogP contribution in [0.25, 0.3) is 0 Å². The van der Waals surface area contributed by atoms with E-state index in [2.05, 4.69) is 6.92 Å². The van der Waals surface area contributed by atoms with Crippen LogP contribution >= 0.6 is 11.8 Å². The van der Waals surface area contributed by atoms with Crippen molar-refractivity contribution in [2.45, 2.75) is 45.6 Å². The molecule has 0 N–H and O–H groups in total. The molecule has 2 atom stereocenters. The van der Waals surface area contributed by atoms with Crippen LogP contribution in [0.3, 0.4) is 0 Å². The maximum atomic E-state index is 11.6. The average Bonchev–Trinajstić information content (AvgIpc) is 2.17. The van der Waals surface area contributed by atoms with E-state index in [-0.39, 0.29) is 5.24 Å². The molecular formula is C11H21NOS. The lowest BCUT2D eigenvalue weighted by molar-refractivity contribution is 0.180. The molecule has 0 spiro atoms. The fourth-order valence-electron chi connectivity index (χ4n) is 2.13. The van der Waals surface area contributed by atoms with Gasteiger partial charge in [0, 0.05) is 13.1 Å². The fourth-order valence-corrected chi connectivity index (χ4v) is 2.73. The predicted octanol–water partition coefficient (Wildman–Crippen LogP) is 3.37. The number of carbonyl (C=O) groups excluding carboxylic acids is 1. The first-order valence-corrected chi connectivity index (χ1v) is 6.53. The van der Waals surface area contributed by atoms with Crippen LogP contribution in [0.15, 0.2) is 0 Å². The van der Waals surface area contributed by atoms with E-state index >= 15 is 0 Å². The summed E-state index contributed by atoms with van der Waals surface area (Å²) >= 11 is 1.42. The van der Waals surface area contributed by atoms with Gasteiger partial charge in [-0.15, -0.1) is 0 Å². The monoisotopic (exact) mass is 215 g/mol. The summed E-state index contributed by atoms with van der Waals surface area (Å²) in [6.07, 6.45) is 4.99. The quantitative estimate of drug-likeness (QED) is 0.704. The maximum absolute atomic E-state index is 11.6. The van der Waals surface area contributed by atoms with E-state index in [1.165, 1.54) is 37.4 Å². The molecule has 0 aromatic carbocycles. The average molecular weight is 215 g/mol. The molecule has 2 nitrogen and oxygen atoms in total. The molecule has 2 unspecified atom stereocenters. The van der Waals surface area contributed by atoms with Crippen molar-refractivity contribution in [2.24, 2.45) is 5.92 Å². The molecule has 1 saturated carbocycles. The second kappa shape index (κ2) is 5.64. The molecule has 0 heterocycles. The molecule has 0 aliphatic heterocycles. The fraction of sp³-hybridized carbons (Fsp3) is 0.909. The summed E-state index contributed by atoms with van der Waals surface area (Å²) in [6.45, 7) is 4.32. The Kier molecular flexibility index (Phi) is 4.79. The summed E-state index contributed by atoms with van der Waals surface area (Å²) in [6, 6.07) is 0.491. The lowest BCUT2D eigenvalue weighted by Gasteiger charge is -2.33. The third-order valence-corrected chi connectivity index (χ3v) is 3.84. The minimum atomic E-state index is 0.242. The van der Waals surface area contributed by atoms with E-state index in [9.17, 15) is 4.79 Å². The number of rotatable bonds is 2. The van der Waals surface area contributed by atoms with Crippen LogP contribution in [0.2, 0.25) is 0 Å². The first-order chi connectivity index (χ1) is 6.65. The number of nitrogens with zero attached hydrogens (tertiary/aromatic N) is 1. The molecule has 1 fully saturated rings. The van der Waals surface area contributed by atoms with Crippen molar-refractivity contribution in [2.75, 3.05) is 12.8 Å². The topological polar surface area (TPSA) is 20.3 Å². The normalized spacial score (nSPS) is 27.4. The molecule has 1 amide bonds. The Morgan fingerprint density at radius 2 is 2.21 bits per heavy atom. The first-order valence-electron chi connectivity index (χ1n) is 5.54. The number of thioether (sulfide) groups is 1. The molecule has 0 aromatic heterocycles. The Bertz CT molecular complexity index is 196. The molecule has 0 saturated heterocycles. The zero-order chi connectivity index (χ0) is 10.6. The molecular weight excluding hydrogens is 194 g/mol. The van der Waals surface area contributed by atoms with Crippen molar-refractivity contribution in [3.63, 3.8) is 0 Å². The van der Waals surface area contributed by atoms with Gasteiger partial charge in [0.05, 0.1) is 0 Å². The minimum absolute atomic E-state index is 0.242. The van der Waals surface area contributed by atoms with Gasteiger partial charge in [-0.1, -0.05) is 38.5 Å². The van der Waals surface area contributed by atoms with Gasteiger partial charge in [0.2, 0.25) is 0 Å². The van der Waals surface area contributed by atoms with E-state index in [1.807, 2.05) is 18.9 Å². The molecule has 14 heavy (non-hydrogen) atoms. The van der Waals surface area contributed by atoms with E-state index in [0.29, 0.717) is 6.04 Å². The van der Waals surface area contributed by atoms with Crippen LogP contribution < -0.4 is 0 Å². The summed E-state index contributed by atoms with van der Waals surface area (Å²) in [4.78, 5) is 13.6. The maximum Gasteiger partial charge on any atom is 0.281 e. The molecule has 0 aromatic rings. The van der Waals surface area contributed by atoms with E-state index in [1.54, 1.807) is 0 Å². The third-order valence-electron chi connectivity index (χ3n) is 3.01. The van der Waals surface area contributed by atoms with Gasteiger partial charge >= 0.3 is 0 Å². The van der Waals surface area contributed by atoms with Crippen LogP contribution in [0.1, 0.15) is 39.5 Å². The largest absolute Gasteiger partial charge is 0.334 e. The molecule has 1 aliphatic carbocycles. The van der Waals surface area contributed by atoms with Crippen LogP contribution in [0.4, 0.5) is 4.79 Å². The van der Waals surface area contributed by atoms with Crippen molar-refractivity contribution >= 4 is 17.0 Å². The lowest BCUT2D eigenvalue weighted by Crippen LogP contribution is -2.37. The minimum Gasteiger partial charge on any atom is -0.334 e. The Hall–Kier alpha value is -0.180. The zero-order valence-electron chi connectivity index (χ0n) is 9.45. The summed E-state index contributed by atoms with van der Waals surface area (Å²) in [5, 5.41) is 0.242. The highest BCUT2D eigenvalue weighted by Gasteiger charge is 2.24. The predicted molar refractivity (Wildman–Crippen MR) is 62.7 cm³/mol. The Labute approximate surface area is 91.4 Å². The number of amides is 1. The van der Waals surface area contributed by atoms with Gasteiger partial charge in [-0.05, 0) is 24.5 Å². The Balaban J connectivity index is 2.42. The standard InChI is InChI=1S/C11H21NOS/c1-4-14-11(13)12(3)10-7-5-6-9(2)8-10/h9-10H,4-8H2,1-3H3. The molecule has 0 radical (unpaired) electrons. The summed E-state index contributed by atoms with van der Waals surface area (Å²) < 4.78 is 0. The molecule has 82 valence electrons. The number of hydrogen-bond donors (Lipinski definition) is 0. The molecule has 1 aliphatic rings. The van der Waals surface area contributed by atoms with Gasteiger partial charge in [-0.25, -0.2) is 0 Å². The van der Waals surface area contributed by atoms with E-state index in [0.717, 1.165) is 11.7 Å². The number of carbonyl (C=O) groups is 1. The van der Waals surface area contributed by atoms with Crippen molar-refractivity contribution in [3.8, 4) is 0 Å². The second-order valence-corrected chi connectivity index (χ2v) is 5.45. The summed E-state index contributed by atoms with van der Waals surface area (Å²) in [5.74, 6) is 1.67. The van der Waals surface area contributed by atoms with E-state index < -0.39 is 0 Å². The van der Waals surface area contributed by atoms with Crippen LogP contribution in [0.5, 0.6) is 0 Å². The first kappa shape index (κ1) is 11.9. The lowest BCUT2D eigenvalue weighted by atomic mass is 9.86. The smallest absolute Gasteiger partial charge is 0.281 e. The zero-order valence-corrected chi connectivity index (χ0v) is 10.3. The van der Waals surface area contributed by atoms with Gasteiger partial charge in [0.25, 0.3) is 5.24 Å². The summed E-state index contributed by atoms with van der Waals surface area (Å²) in [5.41, 5.74) is 0. The van der Waals surface area contributed by atoms with Gasteiger partial charge in [0.1, 0.15) is 0 Å². The van der Waals surface area contributed by atoms with Crippen molar-refractivity contribution in [1.82, 2.24) is 4.90 Å². The van der Waals surface area contributed by atoms with Crippen molar-refractivity contribution < 1.29 is 4.79 Å². The molecule has 3 heteroatoms. The highest BCUT2D eigenvalue weighted by Crippen LogP contribution is 2.27. The van der Waals surface area contributed by atoms with Crippen molar-refractivity contribution in [1.29, 1.82) is 0 Å². The Morgan fingerprint density at radius 1 is 1.50 bits per heavy atom. The van der Waals surface area contributed by atoms with Crippen LogP contribution in [-0.4, -0.2) is 29.0 Å². The third kappa shape index (κ3) is 3.19. The molecule has 1 rings (SSSR count). The van der Waals surface area contributed by atoms with Gasteiger partial charge in [-0.3, -0.25) is 4.79 Å². The number of hydrogen-bond acceptors (Lipinski definition) is 2. The second-order valence-electron chi connectivity index (χ2n) is 4.24. The van der Waals surface area contributed by atoms with Gasteiger partial charge in [-0.2, -0.15) is 0 Å². The van der Waals surface area contributed by atoms with Gasteiger partial charge in [0.15, 0.2) is 0 Å². The summed E-state index contributed by atoms with van der Waals surface area (Å²) in [7, 11) is 1.95. The highest BCUT2D eigenvalue weighted by atomic mass is 32.2. The van der Waals surface area contributed by atoms with Crippen LogP contribution in [-0.2, 0) is 0 Å². The van der Waals surface area contributed by atoms with Gasteiger partial charge < -0.3 is 4.90 Å². The van der Waals surface area contributed by atoms with Crippen LogP contribution in [0, 0.1) is 5.92 Å². The highest BCUT2D eigenvalue weighted by molar-refractivity contribution is 8.13. The van der Waals surface area contributed by atoms with E-state index in [4.69, 9.17) is 0 Å². The van der Waals surface area contributed by atoms with Crippen molar-refractivity contribution in [3.05, 3.63) is 0 Å².